The van der Waals surface area contributed by atoms with Crippen LogP contribution in [0.4, 0.5) is 0 Å². The molecule has 0 amide bonds. The number of carbonyl (C=O) groups excluding carboxylic acids is 1. The standard InChI is InChI=1S/C17H13ClN2O3/c1-11-6-8-12(9-7-11)16-19-15(23-20-16)10-22-17(21)13-4-2-3-5-14(13)18/h2-9H,10H2,1H3. The minimum atomic E-state index is -0.536. The van der Waals surface area contributed by atoms with Crippen molar-refractivity contribution in [3.63, 3.8) is 0 Å². The number of aromatic nitrogens is 2. The highest BCUT2D eigenvalue weighted by molar-refractivity contribution is 6.33. The summed E-state index contributed by atoms with van der Waals surface area (Å²) < 4.78 is 10.2. The van der Waals surface area contributed by atoms with Crippen LogP contribution in [0.5, 0.6) is 0 Å². The Labute approximate surface area is 137 Å². The lowest BCUT2D eigenvalue weighted by molar-refractivity contribution is 0.0430. The highest BCUT2D eigenvalue weighted by atomic mass is 35.5. The number of nitrogens with zero attached hydrogens (tertiary/aromatic N) is 2. The molecule has 0 aliphatic rings. The van der Waals surface area contributed by atoms with Gasteiger partial charge in [-0.3, -0.25) is 0 Å². The average Bonchev–Trinajstić information content (AvgIpc) is 3.03. The van der Waals surface area contributed by atoms with E-state index in [4.69, 9.17) is 20.9 Å². The van der Waals surface area contributed by atoms with Gasteiger partial charge < -0.3 is 9.26 Å². The Kier molecular flexibility index (Phi) is 4.39. The van der Waals surface area contributed by atoms with Crippen LogP contribution in [-0.4, -0.2) is 16.1 Å². The van der Waals surface area contributed by atoms with Crippen LogP contribution in [0.2, 0.25) is 5.02 Å². The number of hydrogen-bond acceptors (Lipinski definition) is 5. The maximum absolute atomic E-state index is 12.0. The predicted octanol–water partition coefficient (Wildman–Crippen LogP) is 4.06. The fraction of sp³-hybridized carbons (Fsp3) is 0.118. The molecule has 0 aliphatic heterocycles. The summed E-state index contributed by atoms with van der Waals surface area (Å²) in [5.41, 5.74) is 2.28. The molecule has 116 valence electrons. The first kappa shape index (κ1) is 15.2. The van der Waals surface area contributed by atoms with E-state index in [0.717, 1.165) is 11.1 Å². The molecule has 0 spiro atoms. The normalized spacial score (nSPS) is 10.5. The first-order valence-corrected chi connectivity index (χ1v) is 7.32. The van der Waals surface area contributed by atoms with Gasteiger partial charge >= 0.3 is 5.97 Å². The van der Waals surface area contributed by atoms with Gasteiger partial charge in [0, 0.05) is 5.56 Å². The maximum Gasteiger partial charge on any atom is 0.340 e. The van der Waals surface area contributed by atoms with Gasteiger partial charge in [0.15, 0.2) is 6.61 Å². The molecule has 1 aromatic heterocycles. The molecule has 23 heavy (non-hydrogen) atoms. The molecule has 2 aromatic carbocycles. The van der Waals surface area contributed by atoms with Crippen LogP contribution in [0.3, 0.4) is 0 Å². The van der Waals surface area contributed by atoms with Crippen molar-refractivity contribution in [3.8, 4) is 11.4 Å². The van der Waals surface area contributed by atoms with Crippen molar-refractivity contribution in [3.05, 3.63) is 70.6 Å². The number of esters is 1. The summed E-state index contributed by atoms with van der Waals surface area (Å²) in [5.74, 6) is 0.139. The third kappa shape index (κ3) is 3.57. The smallest absolute Gasteiger partial charge is 0.340 e. The molecule has 5 nitrogen and oxygen atoms in total. The van der Waals surface area contributed by atoms with E-state index in [1.165, 1.54) is 0 Å². The molecule has 0 saturated carbocycles. The molecule has 0 N–H and O–H groups in total. The summed E-state index contributed by atoms with van der Waals surface area (Å²) in [7, 11) is 0. The predicted molar refractivity (Wildman–Crippen MR) is 85.0 cm³/mol. The van der Waals surface area contributed by atoms with Crippen molar-refractivity contribution in [2.24, 2.45) is 0 Å². The van der Waals surface area contributed by atoms with Gasteiger partial charge in [-0.15, -0.1) is 0 Å². The van der Waals surface area contributed by atoms with E-state index in [0.29, 0.717) is 16.4 Å². The molecular formula is C17H13ClN2O3. The lowest BCUT2D eigenvalue weighted by Gasteiger charge is -2.03. The average molecular weight is 329 g/mol. The van der Waals surface area contributed by atoms with Gasteiger partial charge in [-0.2, -0.15) is 4.98 Å². The highest BCUT2D eigenvalue weighted by Crippen LogP contribution is 2.18. The van der Waals surface area contributed by atoms with Gasteiger partial charge in [0.1, 0.15) is 0 Å². The van der Waals surface area contributed by atoms with Crippen LogP contribution < -0.4 is 0 Å². The van der Waals surface area contributed by atoms with Crippen molar-refractivity contribution in [1.82, 2.24) is 10.1 Å². The number of hydrogen-bond donors (Lipinski definition) is 0. The van der Waals surface area contributed by atoms with E-state index in [2.05, 4.69) is 10.1 Å². The van der Waals surface area contributed by atoms with Gasteiger partial charge in [-0.05, 0) is 19.1 Å². The van der Waals surface area contributed by atoms with E-state index in [9.17, 15) is 4.79 Å². The van der Waals surface area contributed by atoms with Gasteiger partial charge in [-0.1, -0.05) is 58.7 Å². The van der Waals surface area contributed by atoms with Crippen molar-refractivity contribution in [2.75, 3.05) is 0 Å². The molecule has 0 bridgehead atoms. The van der Waals surface area contributed by atoms with E-state index < -0.39 is 5.97 Å². The molecule has 0 atom stereocenters. The lowest BCUT2D eigenvalue weighted by Crippen LogP contribution is -2.06. The number of halogens is 1. The Morgan fingerprint density at radius 3 is 2.65 bits per heavy atom. The van der Waals surface area contributed by atoms with Crippen LogP contribution in [0.25, 0.3) is 11.4 Å². The summed E-state index contributed by atoms with van der Waals surface area (Å²) in [6.07, 6.45) is 0. The monoisotopic (exact) mass is 328 g/mol. The summed E-state index contributed by atoms with van der Waals surface area (Å²) >= 11 is 5.95. The van der Waals surface area contributed by atoms with Gasteiger partial charge in [0.05, 0.1) is 10.6 Å². The quantitative estimate of drug-likeness (QED) is 0.676. The summed E-state index contributed by atoms with van der Waals surface area (Å²) in [6, 6.07) is 14.4. The molecule has 3 rings (SSSR count). The van der Waals surface area contributed by atoms with Crippen LogP contribution in [0, 0.1) is 6.92 Å². The summed E-state index contributed by atoms with van der Waals surface area (Å²) in [5, 5.41) is 4.22. The van der Waals surface area contributed by atoms with E-state index in [-0.39, 0.29) is 12.5 Å². The third-order valence-electron chi connectivity index (χ3n) is 3.20. The second-order valence-electron chi connectivity index (χ2n) is 4.93. The fourth-order valence-electron chi connectivity index (χ4n) is 1.97. The fourth-order valence-corrected chi connectivity index (χ4v) is 2.18. The highest BCUT2D eigenvalue weighted by Gasteiger charge is 2.14. The molecule has 0 saturated heterocycles. The van der Waals surface area contributed by atoms with Crippen LogP contribution in [0.1, 0.15) is 21.8 Å². The Morgan fingerprint density at radius 2 is 1.91 bits per heavy atom. The molecule has 6 heteroatoms. The zero-order chi connectivity index (χ0) is 16.2. The molecular weight excluding hydrogens is 316 g/mol. The van der Waals surface area contributed by atoms with Crippen molar-refractivity contribution >= 4 is 17.6 Å². The number of rotatable bonds is 4. The second kappa shape index (κ2) is 6.62. The Hall–Kier alpha value is -2.66. The molecule has 3 aromatic rings. The molecule has 0 aliphatic carbocycles. The van der Waals surface area contributed by atoms with E-state index in [1.807, 2.05) is 31.2 Å². The zero-order valence-corrected chi connectivity index (χ0v) is 13.1. The molecule has 0 radical (unpaired) electrons. The van der Waals surface area contributed by atoms with Crippen LogP contribution in [-0.2, 0) is 11.3 Å². The first-order valence-electron chi connectivity index (χ1n) is 6.95. The largest absolute Gasteiger partial charge is 0.452 e. The minimum Gasteiger partial charge on any atom is -0.452 e. The Bertz CT molecular complexity index is 828. The van der Waals surface area contributed by atoms with E-state index in [1.54, 1.807) is 24.3 Å². The number of aryl methyl sites for hydroxylation is 1. The molecule has 1 heterocycles. The molecule has 0 fully saturated rings. The van der Waals surface area contributed by atoms with Gasteiger partial charge in [0.25, 0.3) is 5.89 Å². The number of carbonyl (C=O) groups is 1. The zero-order valence-electron chi connectivity index (χ0n) is 12.3. The summed E-state index contributed by atoms with van der Waals surface area (Å²) in [4.78, 5) is 16.2. The van der Waals surface area contributed by atoms with Crippen molar-refractivity contribution < 1.29 is 14.1 Å². The Morgan fingerprint density at radius 1 is 1.17 bits per heavy atom. The Balaban J connectivity index is 1.67. The van der Waals surface area contributed by atoms with Crippen molar-refractivity contribution in [1.29, 1.82) is 0 Å². The third-order valence-corrected chi connectivity index (χ3v) is 3.53. The maximum atomic E-state index is 12.0. The molecule has 0 unspecified atom stereocenters. The van der Waals surface area contributed by atoms with Gasteiger partial charge in [0.2, 0.25) is 5.82 Å². The van der Waals surface area contributed by atoms with E-state index >= 15 is 0 Å². The SMILES string of the molecule is Cc1ccc(-c2noc(COC(=O)c3ccccc3Cl)n2)cc1. The second-order valence-corrected chi connectivity index (χ2v) is 5.34. The van der Waals surface area contributed by atoms with Gasteiger partial charge in [-0.25, -0.2) is 4.79 Å². The number of ether oxygens (including phenoxy) is 1. The first-order chi connectivity index (χ1) is 11.1. The van der Waals surface area contributed by atoms with Crippen molar-refractivity contribution in [2.45, 2.75) is 13.5 Å². The van der Waals surface area contributed by atoms with Crippen LogP contribution >= 0.6 is 11.6 Å². The minimum absolute atomic E-state index is 0.108. The summed E-state index contributed by atoms with van der Waals surface area (Å²) in [6.45, 7) is 1.89. The topological polar surface area (TPSA) is 65.2 Å². The van der Waals surface area contributed by atoms with Crippen LogP contribution in [0.15, 0.2) is 53.1 Å². The lowest BCUT2D eigenvalue weighted by atomic mass is 10.1. The number of benzene rings is 2.